The van der Waals surface area contributed by atoms with Gasteiger partial charge in [-0.2, -0.15) is 4.98 Å². The lowest BCUT2D eigenvalue weighted by molar-refractivity contribution is -0.0142. The lowest BCUT2D eigenvalue weighted by Gasteiger charge is -2.42. The van der Waals surface area contributed by atoms with Gasteiger partial charge >= 0.3 is 0 Å². The zero-order valence-electron chi connectivity index (χ0n) is 18.3. The highest BCUT2D eigenvalue weighted by atomic mass is 19.1. The van der Waals surface area contributed by atoms with E-state index in [9.17, 15) is 18.7 Å². The van der Waals surface area contributed by atoms with Crippen molar-refractivity contribution in [3.63, 3.8) is 0 Å². The van der Waals surface area contributed by atoms with Crippen molar-refractivity contribution < 1.29 is 13.9 Å². The number of anilines is 1. The molecule has 0 bridgehead atoms. The number of hydrogen-bond acceptors (Lipinski definition) is 5. The Morgan fingerprint density at radius 1 is 1.00 bits per heavy atom. The number of aliphatic hydroxyl groups is 1. The molecule has 2 aromatic carbocycles. The van der Waals surface area contributed by atoms with E-state index in [0.29, 0.717) is 23.6 Å². The molecule has 33 heavy (non-hydrogen) atoms. The number of aromatic nitrogens is 2. The molecule has 1 saturated heterocycles. The van der Waals surface area contributed by atoms with Crippen molar-refractivity contribution in [3.8, 4) is 0 Å². The first kappa shape index (κ1) is 23.1. The molecule has 4 rings (SSSR count). The number of halogens is 2. The van der Waals surface area contributed by atoms with Crippen molar-refractivity contribution >= 4 is 5.95 Å². The fourth-order valence-electron chi connectivity index (χ4n) is 4.59. The van der Waals surface area contributed by atoms with Gasteiger partial charge in [0.25, 0.3) is 5.56 Å². The van der Waals surface area contributed by atoms with Crippen LogP contribution in [0.3, 0.4) is 0 Å². The molecule has 2 heterocycles. The molecule has 0 spiro atoms. The van der Waals surface area contributed by atoms with Gasteiger partial charge in [-0.15, -0.1) is 0 Å². The first-order valence-electron chi connectivity index (χ1n) is 11.2. The number of hydrogen-bond donors (Lipinski definition) is 3. The first-order chi connectivity index (χ1) is 15.9. The monoisotopic (exact) mass is 454 g/mol. The molecular weight excluding hydrogens is 426 g/mol. The van der Waals surface area contributed by atoms with Crippen LogP contribution in [-0.2, 0) is 5.60 Å². The maximum atomic E-state index is 13.5. The Morgan fingerprint density at radius 2 is 1.58 bits per heavy atom. The standard InChI is InChI=1S/C25H28F2N4O2/c26-21-6-2-18(3-7-21)25(33,19-4-8-22(27)9-5-19)20-11-16-31(17-12-20)15-1-13-28-24-29-14-10-23(32)30-24/h2-10,14,20,33H,1,11-13,15-17H2,(H2,28,29,30,32). The molecule has 174 valence electrons. The Hall–Kier alpha value is -3.10. The molecule has 0 unspecified atom stereocenters. The van der Waals surface area contributed by atoms with Gasteiger partial charge in [0.15, 0.2) is 0 Å². The van der Waals surface area contributed by atoms with Gasteiger partial charge in [0, 0.05) is 18.8 Å². The van der Waals surface area contributed by atoms with Gasteiger partial charge in [-0.25, -0.2) is 8.78 Å². The predicted molar refractivity (Wildman–Crippen MR) is 123 cm³/mol. The number of rotatable bonds is 8. The van der Waals surface area contributed by atoms with Gasteiger partial charge in [0.2, 0.25) is 5.95 Å². The summed E-state index contributed by atoms with van der Waals surface area (Å²) in [6, 6.07) is 13.2. The number of H-pyrrole nitrogens is 1. The van der Waals surface area contributed by atoms with Crippen LogP contribution in [0.4, 0.5) is 14.7 Å². The highest BCUT2D eigenvalue weighted by molar-refractivity contribution is 5.37. The second-order valence-corrected chi connectivity index (χ2v) is 8.45. The van der Waals surface area contributed by atoms with E-state index in [2.05, 4.69) is 20.2 Å². The van der Waals surface area contributed by atoms with Crippen LogP contribution >= 0.6 is 0 Å². The van der Waals surface area contributed by atoms with Gasteiger partial charge < -0.3 is 20.3 Å². The predicted octanol–water partition coefficient (Wildman–Crippen LogP) is 3.50. The average Bonchev–Trinajstić information content (AvgIpc) is 2.83. The Labute approximate surface area is 191 Å². The summed E-state index contributed by atoms with van der Waals surface area (Å²) in [7, 11) is 0. The quantitative estimate of drug-likeness (QED) is 0.454. The minimum absolute atomic E-state index is 0.0820. The molecular formula is C25H28F2N4O2. The van der Waals surface area contributed by atoms with Crippen LogP contribution in [-0.4, -0.2) is 46.2 Å². The molecule has 1 aliphatic rings. The highest BCUT2D eigenvalue weighted by Gasteiger charge is 2.41. The summed E-state index contributed by atoms with van der Waals surface area (Å²) in [5, 5.41) is 15.0. The number of likely N-dealkylation sites (tertiary alicyclic amines) is 1. The first-order valence-corrected chi connectivity index (χ1v) is 11.2. The fourth-order valence-corrected chi connectivity index (χ4v) is 4.59. The Morgan fingerprint density at radius 3 is 2.12 bits per heavy atom. The Bertz CT molecular complexity index is 1050. The molecule has 3 N–H and O–H groups in total. The van der Waals surface area contributed by atoms with Crippen molar-refractivity contribution in [1.82, 2.24) is 14.9 Å². The third kappa shape index (κ3) is 5.46. The van der Waals surface area contributed by atoms with E-state index in [1.807, 2.05) is 0 Å². The third-order valence-corrected chi connectivity index (χ3v) is 6.36. The summed E-state index contributed by atoms with van der Waals surface area (Å²) < 4.78 is 27.1. The molecule has 0 amide bonds. The van der Waals surface area contributed by atoms with Crippen LogP contribution in [0.25, 0.3) is 0 Å². The summed E-state index contributed by atoms with van der Waals surface area (Å²) >= 11 is 0. The Balaban J connectivity index is 1.38. The average molecular weight is 455 g/mol. The highest BCUT2D eigenvalue weighted by Crippen LogP contribution is 2.42. The molecule has 6 nitrogen and oxygen atoms in total. The van der Waals surface area contributed by atoms with Crippen molar-refractivity contribution in [2.75, 3.05) is 31.5 Å². The largest absolute Gasteiger partial charge is 0.380 e. The van der Waals surface area contributed by atoms with Crippen molar-refractivity contribution in [2.24, 2.45) is 5.92 Å². The number of piperidine rings is 1. The number of nitrogens with one attached hydrogen (secondary N) is 2. The van der Waals surface area contributed by atoms with Crippen LogP contribution in [0.15, 0.2) is 65.6 Å². The fraction of sp³-hybridized carbons (Fsp3) is 0.360. The van der Waals surface area contributed by atoms with Gasteiger partial charge in [0.05, 0.1) is 0 Å². The minimum Gasteiger partial charge on any atom is -0.380 e. The van der Waals surface area contributed by atoms with Crippen LogP contribution < -0.4 is 10.9 Å². The van der Waals surface area contributed by atoms with E-state index in [4.69, 9.17) is 0 Å². The van der Waals surface area contributed by atoms with E-state index in [1.165, 1.54) is 30.3 Å². The van der Waals surface area contributed by atoms with Crippen LogP contribution in [0.2, 0.25) is 0 Å². The van der Waals surface area contributed by atoms with Crippen molar-refractivity contribution in [3.05, 3.63) is 93.9 Å². The van der Waals surface area contributed by atoms with E-state index in [0.717, 1.165) is 38.9 Å². The zero-order chi connectivity index (χ0) is 23.3. The second kappa shape index (κ2) is 10.2. The Kier molecular flexibility index (Phi) is 7.15. The van der Waals surface area contributed by atoms with E-state index in [-0.39, 0.29) is 23.1 Å². The van der Waals surface area contributed by atoms with Gasteiger partial charge in [0.1, 0.15) is 17.2 Å². The van der Waals surface area contributed by atoms with E-state index in [1.54, 1.807) is 30.5 Å². The van der Waals surface area contributed by atoms with Crippen molar-refractivity contribution in [2.45, 2.75) is 24.9 Å². The molecule has 1 aromatic heterocycles. The van der Waals surface area contributed by atoms with Crippen LogP contribution in [0.5, 0.6) is 0 Å². The summed E-state index contributed by atoms with van der Waals surface area (Å²) in [4.78, 5) is 20.4. The lowest BCUT2D eigenvalue weighted by atomic mass is 9.72. The van der Waals surface area contributed by atoms with Crippen molar-refractivity contribution in [1.29, 1.82) is 0 Å². The third-order valence-electron chi connectivity index (χ3n) is 6.36. The summed E-state index contributed by atoms with van der Waals surface area (Å²) in [6.45, 7) is 3.19. The normalized spacial score (nSPS) is 15.5. The van der Waals surface area contributed by atoms with E-state index >= 15 is 0 Å². The minimum atomic E-state index is -1.32. The van der Waals surface area contributed by atoms with Gasteiger partial charge in [-0.1, -0.05) is 24.3 Å². The molecule has 1 fully saturated rings. The SMILES string of the molecule is O=c1cc[nH]c(NCCCN2CCC(C(O)(c3ccc(F)cc3)c3ccc(F)cc3)CC2)n1. The summed E-state index contributed by atoms with van der Waals surface area (Å²) in [5.74, 6) is -0.344. The molecule has 0 aliphatic carbocycles. The van der Waals surface area contributed by atoms with Crippen LogP contribution in [0.1, 0.15) is 30.4 Å². The van der Waals surface area contributed by atoms with Gasteiger partial charge in [-0.3, -0.25) is 4.79 Å². The smallest absolute Gasteiger partial charge is 0.274 e. The molecule has 0 atom stereocenters. The molecule has 0 radical (unpaired) electrons. The lowest BCUT2D eigenvalue weighted by Crippen LogP contribution is -2.44. The van der Waals surface area contributed by atoms with Crippen LogP contribution in [0, 0.1) is 17.6 Å². The zero-order valence-corrected chi connectivity index (χ0v) is 18.3. The second-order valence-electron chi connectivity index (χ2n) is 8.45. The molecule has 1 aliphatic heterocycles. The summed E-state index contributed by atoms with van der Waals surface area (Å²) in [6.07, 6.45) is 3.95. The van der Waals surface area contributed by atoms with E-state index < -0.39 is 5.60 Å². The number of nitrogens with zero attached hydrogens (tertiary/aromatic N) is 2. The molecule has 8 heteroatoms. The maximum absolute atomic E-state index is 13.5. The number of aromatic amines is 1. The number of benzene rings is 2. The molecule has 0 saturated carbocycles. The molecule has 3 aromatic rings. The van der Waals surface area contributed by atoms with Gasteiger partial charge in [-0.05, 0) is 80.2 Å². The topological polar surface area (TPSA) is 81.2 Å². The maximum Gasteiger partial charge on any atom is 0.274 e. The summed E-state index contributed by atoms with van der Waals surface area (Å²) in [5.41, 5.74) is -0.377.